The topological polar surface area (TPSA) is 53.1 Å². The number of hydrogen-bond donors (Lipinski definition) is 1. The van der Waals surface area contributed by atoms with Gasteiger partial charge in [-0.3, -0.25) is 0 Å². The van der Waals surface area contributed by atoms with Crippen molar-refractivity contribution in [1.82, 2.24) is 9.55 Å². The van der Waals surface area contributed by atoms with Crippen LogP contribution in [-0.4, -0.2) is 16.7 Å². The molecule has 90 valence electrons. The average molecular weight is 231 g/mol. The Kier molecular flexibility index (Phi) is 3.04. The molecule has 0 radical (unpaired) electrons. The van der Waals surface area contributed by atoms with E-state index in [1.54, 1.807) is 13.3 Å². The largest absolute Gasteiger partial charge is 0.495 e. The average Bonchev–Trinajstić information content (AvgIpc) is 2.78. The fraction of sp³-hybridized carbons (Fsp3) is 0.308. The van der Waals surface area contributed by atoms with Crippen molar-refractivity contribution in [3.8, 4) is 11.4 Å². The van der Waals surface area contributed by atoms with E-state index in [-0.39, 0.29) is 0 Å². The predicted molar refractivity (Wildman–Crippen MR) is 68.6 cm³/mol. The van der Waals surface area contributed by atoms with E-state index >= 15 is 0 Å². The molecule has 0 bridgehead atoms. The van der Waals surface area contributed by atoms with E-state index in [2.05, 4.69) is 18.8 Å². The van der Waals surface area contributed by atoms with Crippen molar-refractivity contribution < 1.29 is 4.74 Å². The molecule has 4 heteroatoms. The van der Waals surface area contributed by atoms with Crippen LogP contribution in [0, 0.1) is 0 Å². The fourth-order valence-electron chi connectivity index (χ4n) is 1.81. The van der Waals surface area contributed by atoms with Crippen LogP contribution >= 0.6 is 0 Å². The number of imidazole rings is 1. The lowest BCUT2D eigenvalue weighted by atomic mass is 10.2. The van der Waals surface area contributed by atoms with Gasteiger partial charge in [-0.15, -0.1) is 0 Å². The summed E-state index contributed by atoms with van der Waals surface area (Å²) in [5.41, 5.74) is 7.45. The summed E-state index contributed by atoms with van der Waals surface area (Å²) < 4.78 is 7.27. The molecule has 17 heavy (non-hydrogen) atoms. The lowest BCUT2D eigenvalue weighted by molar-refractivity contribution is 0.416. The van der Waals surface area contributed by atoms with Gasteiger partial charge >= 0.3 is 0 Å². The summed E-state index contributed by atoms with van der Waals surface area (Å²) in [6.07, 6.45) is 3.75. The van der Waals surface area contributed by atoms with Crippen molar-refractivity contribution in [1.29, 1.82) is 0 Å². The van der Waals surface area contributed by atoms with Crippen molar-refractivity contribution in [2.45, 2.75) is 19.8 Å². The predicted octanol–water partition coefficient (Wildman–Crippen LogP) is 2.59. The first-order chi connectivity index (χ1) is 8.13. The zero-order valence-corrected chi connectivity index (χ0v) is 10.3. The summed E-state index contributed by atoms with van der Waals surface area (Å²) in [6.45, 7) is 4.24. The second kappa shape index (κ2) is 4.49. The molecule has 1 aromatic heterocycles. The lowest BCUT2D eigenvalue weighted by Crippen LogP contribution is -2.03. The van der Waals surface area contributed by atoms with E-state index in [9.17, 15) is 0 Å². The second-order valence-corrected chi connectivity index (χ2v) is 4.24. The molecule has 4 nitrogen and oxygen atoms in total. The van der Waals surface area contributed by atoms with Gasteiger partial charge in [0.1, 0.15) is 11.6 Å². The van der Waals surface area contributed by atoms with Crippen LogP contribution in [0.15, 0.2) is 30.6 Å². The van der Waals surface area contributed by atoms with Gasteiger partial charge < -0.3 is 15.0 Å². The van der Waals surface area contributed by atoms with Crippen LogP contribution < -0.4 is 10.5 Å². The van der Waals surface area contributed by atoms with Crippen molar-refractivity contribution in [3.05, 3.63) is 36.4 Å². The van der Waals surface area contributed by atoms with Crippen LogP contribution in [-0.2, 0) is 0 Å². The molecular weight excluding hydrogens is 214 g/mol. The summed E-state index contributed by atoms with van der Waals surface area (Å²) in [6, 6.07) is 5.73. The summed E-state index contributed by atoms with van der Waals surface area (Å²) in [4.78, 5) is 4.36. The molecule has 0 aliphatic carbocycles. The molecule has 2 rings (SSSR count). The highest BCUT2D eigenvalue weighted by atomic mass is 16.5. The van der Waals surface area contributed by atoms with Crippen molar-refractivity contribution >= 4 is 5.69 Å². The van der Waals surface area contributed by atoms with E-state index in [0.29, 0.717) is 17.4 Å². The Morgan fingerprint density at radius 3 is 2.76 bits per heavy atom. The van der Waals surface area contributed by atoms with E-state index < -0.39 is 0 Å². The van der Waals surface area contributed by atoms with Crippen LogP contribution in [0.2, 0.25) is 0 Å². The quantitative estimate of drug-likeness (QED) is 0.826. The Labute approximate surface area is 101 Å². The molecule has 0 unspecified atom stereocenters. The third-order valence-electron chi connectivity index (χ3n) is 2.68. The fourth-order valence-corrected chi connectivity index (χ4v) is 1.81. The first-order valence-electron chi connectivity index (χ1n) is 5.60. The van der Waals surface area contributed by atoms with Crippen LogP contribution in [0.3, 0.4) is 0 Å². The third kappa shape index (κ3) is 2.11. The minimum atomic E-state index is 0.369. The molecule has 0 fully saturated rings. The summed E-state index contributed by atoms with van der Waals surface area (Å²) >= 11 is 0. The van der Waals surface area contributed by atoms with E-state index in [4.69, 9.17) is 10.5 Å². The molecule has 1 heterocycles. The zero-order valence-electron chi connectivity index (χ0n) is 10.3. The number of ether oxygens (including phenoxy) is 1. The Morgan fingerprint density at radius 1 is 1.35 bits per heavy atom. The Balaban J connectivity index is 2.49. The maximum absolute atomic E-state index is 5.80. The van der Waals surface area contributed by atoms with E-state index in [1.165, 1.54) is 0 Å². The van der Waals surface area contributed by atoms with Crippen LogP contribution in [0.5, 0.6) is 5.75 Å². The number of nitrogen functional groups attached to an aromatic ring is 1. The van der Waals surface area contributed by atoms with Crippen LogP contribution in [0.25, 0.3) is 5.69 Å². The highest BCUT2D eigenvalue weighted by Gasteiger charge is 2.10. The number of methoxy groups -OCH3 is 1. The number of aromatic nitrogens is 2. The summed E-state index contributed by atoms with van der Waals surface area (Å²) in [7, 11) is 1.62. The Bertz CT molecular complexity index is 517. The first-order valence-corrected chi connectivity index (χ1v) is 5.60. The minimum Gasteiger partial charge on any atom is -0.495 e. The van der Waals surface area contributed by atoms with Gasteiger partial charge in [-0.25, -0.2) is 4.98 Å². The molecule has 0 atom stereocenters. The molecule has 0 aliphatic rings. The number of hydrogen-bond acceptors (Lipinski definition) is 3. The number of rotatable bonds is 3. The minimum absolute atomic E-state index is 0.369. The van der Waals surface area contributed by atoms with Gasteiger partial charge in [0.05, 0.1) is 18.5 Å². The summed E-state index contributed by atoms with van der Waals surface area (Å²) in [5, 5.41) is 0. The normalized spacial score (nSPS) is 10.8. The van der Waals surface area contributed by atoms with Gasteiger partial charge in [-0.05, 0) is 12.1 Å². The molecule has 2 N–H and O–H groups in total. The number of nitrogens with two attached hydrogens (primary N) is 1. The second-order valence-electron chi connectivity index (χ2n) is 4.24. The highest BCUT2D eigenvalue weighted by Crippen LogP contribution is 2.26. The van der Waals surface area contributed by atoms with Crippen LogP contribution in [0.4, 0.5) is 5.69 Å². The van der Waals surface area contributed by atoms with E-state index in [0.717, 1.165) is 11.5 Å². The van der Waals surface area contributed by atoms with Gasteiger partial charge in [0.25, 0.3) is 0 Å². The van der Waals surface area contributed by atoms with Crippen molar-refractivity contribution in [2.75, 3.05) is 12.8 Å². The number of nitrogens with zero attached hydrogens (tertiary/aromatic N) is 2. The van der Waals surface area contributed by atoms with Crippen molar-refractivity contribution in [3.63, 3.8) is 0 Å². The monoisotopic (exact) mass is 231 g/mol. The maximum Gasteiger partial charge on any atom is 0.143 e. The van der Waals surface area contributed by atoms with Gasteiger partial charge in [0, 0.05) is 24.4 Å². The van der Waals surface area contributed by atoms with Crippen molar-refractivity contribution in [2.24, 2.45) is 0 Å². The standard InChI is InChI=1S/C13H17N3O/c1-9(2)13-15-6-7-16(13)10-4-5-11(14)12(8-10)17-3/h4-9H,14H2,1-3H3. The SMILES string of the molecule is COc1cc(-n2ccnc2C(C)C)ccc1N. The molecule has 0 saturated heterocycles. The van der Waals surface area contributed by atoms with Gasteiger partial charge in [-0.1, -0.05) is 13.8 Å². The molecule has 0 amide bonds. The van der Waals surface area contributed by atoms with Crippen LogP contribution in [0.1, 0.15) is 25.6 Å². The van der Waals surface area contributed by atoms with Gasteiger partial charge in [-0.2, -0.15) is 0 Å². The van der Waals surface area contributed by atoms with E-state index in [1.807, 2.05) is 29.0 Å². The third-order valence-corrected chi connectivity index (χ3v) is 2.68. The zero-order chi connectivity index (χ0) is 12.4. The molecule has 1 aromatic carbocycles. The molecule has 0 aliphatic heterocycles. The van der Waals surface area contributed by atoms with Gasteiger partial charge in [0.15, 0.2) is 0 Å². The highest BCUT2D eigenvalue weighted by molar-refractivity contribution is 5.57. The van der Waals surface area contributed by atoms with Gasteiger partial charge in [0.2, 0.25) is 0 Å². The Morgan fingerprint density at radius 2 is 2.12 bits per heavy atom. The number of benzene rings is 1. The lowest BCUT2D eigenvalue weighted by Gasteiger charge is -2.12. The molecule has 0 saturated carbocycles. The first kappa shape index (κ1) is 11.5. The Hall–Kier alpha value is -1.97. The maximum atomic E-state index is 5.80. The number of anilines is 1. The smallest absolute Gasteiger partial charge is 0.143 e. The molecule has 2 aromatic rings. The summed E-state index contributed by atoms with van der Waals surface area (Å²) in [5.74, 6) is 2.08. The molecular formula is C13H17N3O. The molecule has 0 spiro atoms.